The standard InChI is InChI=1S/C16H18BrNO4S/c1-5-9(2)18-15(19)13(23-16(18)20)8-10-6-11(17)14(22-4)12(7-10)21-3/h6-9H,5H2,1-4H3/b13-8-/t9-/m0/s1. The maximum Gasteiger partial charge on any atom is 0.293 e. The number of hydrogen-bond donors (Lipinski definition) is 0. The van der Waals surface area contributed by atoms with Crippen LogP contribution in [-0.4, -0.2) is 36.3 Å². The van der Waals surface area contributed by atoms with E-state index in [1.54, 1.807) is 26.4 Å². The van der Waals surface area contributed by atoms with Crippen molar-refractivity contribution >= 4 is 44.9 Å². The number of halogens is 1. The first-order valence-corrected chi connectivity index (χ1v) is 8.72. The highest BCUT2D eigenvalue weighted by Crippen LogP contribution is 2.39. The fraction of sp³-hybridized carbons (Fsp3) is 0.375. The third kappa shape index (κ3) is 3.55. The molecule has 0 saturated carbocycles. The van der Waals surface area contributed by atoms with Gasteiger partial charge in [0.2, 0.25) is 0 Å². The minimum absolute atomic E-state index is 0.106. The number of methoxy groups -OCH3 is 2. The lowest BCUT2D eigenvalue weighted by Crippen LogP contribution is -2.36. The van der Waals surface area contributed by atoms with Gasteiger partial charge in [0.25, 0.3) is 11.1 Å². The SMILES string of the molecule is CC[C@H](C)N1C(=O)S/C(=C\c2cc(Br)c(OC)c(OC)c2)C1=O. The highest BCUT2D eigenvalue weighted by molar-refractivity contribution is 9.10. The van der Waals surface area contributed by atoms with Gasteiger partial charge in [0.1, 0.15) is 0 Å². The first-order chi connectivity index (χ1) is 10.9. The Balaban J connectivity index is 2.38. The minimum Gasteiger partial charge on any atom is -0.493 e. The van der Waals surface area contributed by atoms with Gasteiger partial charge in [0.05, 0.1) is 23.6 Å². The van der Waals surface area contributed by atoms with Gasteiger partial charge in [-0.15, -0.1) is 0 Å². The van der Waals surface area contributed by atoms with Crippen LogP contribution in [0.25, 0.3) is 6.08 Å². The number of amides is 2. The topological polar surface area (TPSA) is 55.8 Å². The van der Waals surface area contributed by atoms with E-state index in [1.807, 2.05) is 19.9 Å². The van der Waals surface area contributed by atoms with Crippen molar-refractivity contribution in [3.05, 3.63) is 27.1 Å². The Morgan fingerprint density at radius 1 is 1.30 bits per heavy atom. The smallest absolute Gasteiger partial charge is 0.293 e. The third-order valence-corrected chi connectivity index (χ3v) is 5.08. The number of thioether (sulfide) groups is 1. The van der Waals surface area contributed by atoms with E-state index in [0.29, 0.717) is 20.9 Å². The van der Waals surface area contributed by atoms with Crippen molar-refractivity contribution in [1.82, 2.24) is 4.90 Å². The zero-order valence-corrected chi connectivity index (χ0v) is 15.8. The van der Waals surface area contributed by atoms with Gasteiger partial charge in [-0.05, 0) is 64.8 Å². The molecule has 0 spiro atoms. The summed E-state index contributed by atoms with van der Waals surface area (Å²) in [5, 5.41) is -0.227. The van der Waals surface area contributed by atoms with Crippen LogP contribution in [0.4, 0.5) is 4.79 Å². The molecular weight excluding hydrogens is 382 g/mol. The Morgan fingerprint density at radius 2 is 2.00 bits per heavy atom. The average molecular weight is 400 g/mol. The molecule has 23 heavy (non-hydrogen) atoms. The van der Waals surface area contributed by atoms with Crippen molar-refractivity contribution in [2.45, 2.75) is 26.3 Å². The summed E-state index contributed by atoms with van der Waals surface area (Å²) in [7, 11) is 3.10. The van der Waals surface area contributed by atoms with Gasteiger partial charge < -0.3 is 9.47 Å². The molecule has 1 fully saturated rings. The molecule has 0 unspecified atom stereocenters. The summed E-state index contributed by atoms with van der Waals surface area (Å²) in [6, 6.07) is 3.48. The fourth-order valence-electron chi connectivity index (χ4n) is 2.21. The van der Waals surface area contributed by atoms with E-state index >= 15 is 0 Å². The number of carbonyl (C=O) groups excluding carboxylic acids is 2. The lowest BCUT2D eigenvalue weighted by Gasteiger charge is -2.19. The summed E-state index contributed by atoms with van der Waals surface area (Å²) in [5.74, 6) is 0.881. The molecule has 1 heterocycles. The Kier molecular flexibility index (Phi) is 5.75. The second kappa shape index (κ2) is 7.40. The van der Waals surface area contributed by atoms with E-state index in [9.17, 15) is 9.59 Å². The second-order valence-electron chi connectivity index (χ2n) is 5.05. The van der Waals surface area contributed by atoms with Gasteiger partial charge in [-0.1, -0.05) is 6.92 Å². The van der Waals surface area contributed by atoms with E-state index < -0.39 is 0 Å². The quantitative estimate of drug-likeness (QED) is 0.690. The molecule has 1 aromatic rings. The monoisotopic (exact) mass is 399 g/mol. The minimum atomic E-state index is -0.250. The molecule has 1 saturated heterocycles. The van der Waals surface area contributed by atoms with Crippen LogP contribution < -0.4 is 9.47 Å². The summed E-state index contributed by atoms with van der Waals surface area (Å²) in [4.78, 5) is 26.2. The van der Waals surface area contributed by atoms with Crippen molar-refractivity contribution in [2.75, 3.05) is 14.2 Å². The highest BCUT2D eigenvalue weighted by Gasteiger charge is 2.37. The van der Waals surface area contributed by atoms with Gasteiger partial charge in [0, 0.05) is 6.04 Å². The number of benzene rings is 1. The first kappa shape index (κ1) is 17.9. The van der Waals surface area contributed by atoms with Crippen LogP contribution in [0.5, 0.6) is 11.5 Å². The summed E-state index contributed by atoms with van der Waals surface area (Å²) >= 11 is 4.38. The number of carbonyl (C=O) groups is 2. The Bertz CT molecular complexity index is 674. The van der Waals surface area contributed by atoms with Crippen molar-refractivity contribution in [1.29, 1.82) is 0 Å². The van der Waals surface area contributed by atoms with Crippen molar-refractivity contribution in [3.63, 3.8) is 0 Å². The Labute approximate surface area is 148 Å². The van der Waals surface area contributed by atoms with Crippen LogP contribution in [0.15, 0.2) is 21.5 Å². The van der Waals surface area contributed by atoms with Crippen molar-refractivity contribution in [3.8, 4) is 11.5 Å². The van der Waals surface area contributed by atoms with Crippen LogP contribution in [0.3, 0.4) is 0 Å². The molecule has 7 heteroatoms. The molecule has 1 aromatic carbocycles. The number of ether oxygens (including phenoxy) is 2. The summed E-state index contributed by atoms with van der Waals surface area (Å²) in [6.45, 7) is 3.81. The molecule has 0 radical (unpaired) electrons. The largest absolute Gasteiger partial charge is 0.493 e. The third-order valence-electron chi connectivity index (χ3n) is 3.61. The summed E-state index contributed by atoms with van der Waals surface area (Å²) < 4.78 is 11.3. The molecule has 1 aliphatic rings. The molecular formula is C16H18BrNO4S. The normalized spacial score (nSPS) is 17.8. The van der Waals surface area contributed by atoms with Gasteiger partial charge in [-0.25, -0.2) is 0 Å². The Hall–Kier alpha value is -1.47. The fourth-order valence-corrected chi connectivity index (χ4v) is 3.77. The molecule has 1 atom stereocenters. The molecule has 0 bridgehead atoms. The predicted molar refractivity (Wildman–Crippen MR) is 94.8 cm³/mol. The summed E-state index contributed by atoms with van der Waals surface area (Å²) in [6.07, 6.45) is 2.42. The maximum atomic E-state index is 12.4. The van der Waals surface area contributed by atoms with Crippen LogP contribution in [0.2, 0.25) is 0 Å². The molecule has 2 rings (SSSR count). The van der Waals surface area contributed by atoms with E-state index in [0.717, 1.165) is 23.7 Å². The number of hydrogen-bond acceptors (Lipinski definition) is 5. The zero-order chi connectivity index (χ0) is 17.1. The van der Waals surface area contributed by atoms with Crippen LogP contribution >= 0.6 is 27.7 Å². The zero-order valence-electron chi connectivity index (χ0n) is 13.4. The van der Waals surface area contributed by atoms with Gasteiger partial charge in [-0.3, -0.25) is 14.5 Å². The van der Waals surface area contributed by atoms with Gasteiger partial charge >= 0.3 is 0 Å². The van der Waals surface area contributed by atoms with Crippen molar-refractivity contribution < 1.29 is 19.1 Å². The lowest BCUT2D eigenvalue weighted by molar-refractivity contribution is -0.124. The molecule has 124 valence electrons. The van der Waals surface area contributed by atoms with E-state index in [-0.39, 0.29) is 17.2 Å². The second-order valence-corrected chi connectivity index (χ2v) is 6.89. The number of rotatable bonds is 5. The van der Waals surface area contributed by atoms with Crippen LogP contribution in [0, 0.1) is 0 Å². The average Bonchev–Trinajstić information content (AvgIpc) is 2.80. The predicted octanol–water partition coefficient (Wildman–Crippen LogP) is 4.30. The van der Waals surface area contributed by atoms with E-state index in [1.165, 1.54) is 4.90 Å². The lowest BCUT2D eigenvalue weighted by atomic mass is 10.1. The maximum absolute atomic E-state index is 12.4. The molecule has 1 aliphatic heterocycles. The van der Waals surface area contributed by atoms with Gasteiger partial charge in [-0.2, -0.15) is 0 Å². The number of nitrogens with zero attached hydrogens (tertiary/aromatic N) is 1. The van der Waals surface area contributed by atoms with E-state index in [2.05, 4.69) is 15.9 Å². The first-order valence-electron chi connectivity index (χ1n) is 7.11. The van der Waals surface area contributed by atoms with Crippen LogP contribution in [-0.2, 0) is 4.79 Å². The number of imide groups is 1. The van der Waals surface area contributed by atoms with E-state index in [4.69, 9.17) is 9.47 Å². The molecule has 0 aliphatic carbocycles. The highest BCUT2D eigenvalue weighted by atomic mass is 79.9. The molecule has 0 N–H and O–H groups in total. The Morgan fingerprint density at radius 3 is 2.57 bits per heavy atom. The molecule has 2 amide bonds. The molecule has 5 nitrogen and oxygen atoms in total. The van der Waals surface area contributed by atoms with Crippen LogP contribution in [0.1, 0.15) is 25.8 Å². The van der Waals surface area contributed by atoms with Crippen molar-refractivity contribution in [2.24, 2.45) is 0 Å². The van der Waals surface area contributed by atoms with Gasteiger partial charge in [0.15, 0.2) is 11.5 Å². The molecule has 0 aromatic heterocycles. The summed E-state index contributed by atoms with van der Waals surface area (Å²) in [5.41, 5.74) is 0.754.